The van der Waals surface area contributed by atoms with Gasteiger partial charge in [-0.1, -0.05) is 17.7 Å². The largest absolute Gasteiger partial charge is 0.497 e. The fourth-order valence-electron chi connectivity index (χ4n) is 3.43. The van der Waals surface area contributed by atoms with E-state index >= 15 is 0 Å². The van der Waals surface area contributed by atoms with Gasteiger partial charge in [-0.25, -0.2) is 8.42 Å². The van der Waals surface area contributed by atoms with E-state index in [9.17, 15) is 13.2 Å². The number of fused-ring (bicyclic) bond motifs is 1. The van der Waals surface area contributed by atoms with Gasteiger partial charge in [-0.05, 0) is 50.6 Å². The quantitative estimate of drug-likeness (QED) is 0.752. The standard InChI is InChI=1S/C21H26N2O5S/c1-13-11-14(2)20-18(12-13)19(9-10-28-20)22-21(24)15(3)23-29(25,26)17-7-5-16(27-4)6-8-17/h5-8,11-12,15,19,23H,9-10H2,1-4H3,(H,22,24)/t15-,19?/m0/s1. The Balaban J connectivity index is 1.71. The maximum absolute atomic E-state index is 12.7. The van der Waals surface area contributed by atoms with Gasteiger partial charge >= 0.3 is 0 Å². The number of methoxy groups -OCH3 is 1. The van der Waals surface area contributed by atoms with Crippen molar-refractivity contribution in [3.05, 3.63) is 53.1 Å². The third kappa shape index (κ3) is 4.71. The monoisotopic (exact) mass is 418 g/mol. The Morgan fingerprint density at radius 1 is 1.21 bits per heavy atom. The van der Waals surface area contributed by atoms with Crippen LogP contribution in [0.3, 0.4) is 0 Å². The molecule has 7 nitrogen and oxygen atoms in total. The van der Waals surface area contributed by atoms with Gasteiger partial charge in [-0.2, -0.15) is 4.72 Å². The van der Waals surface area contributed by atoms with E-state index in [2.05, 4.69) is 10.0 Å². The molecule has 0 fully saturated rings. The number of aryl methyl sites for hydroxylation is 2. The molecule has 1 amide bonds. The van der Waals surface area contributed by atoms with Gasteiger partial charge in [0, 0.05) is 12.0 Å². The van der Waals surface area contributed by atoms with Crippen LogP contribution in [0.2, 0.25) is 0 Å². The third-order valence-electron chi connectivity index (χ3n) is 4.89. The SMILES string of the molecule is COc1ccc(S(=O)(=O)N[C@@H](C)C(=O)NC2CCOc3c(C)cc(C)cc32)cc1. The van der Waals surface area contributed by atoms with Crippen molar-refractivity contribution in [3.8, 4) is 11.5 Å². The van der Waals surface area contributed by atoms with Crippen LogP contribution in [0.4, 0.5) is 0 Å². The maximum Gasteiger partial charge on any atom is 0.241 e. The van der Waals surface area contributed by atoms with Crippen LogP contribution in [0.1, 0.15) is 36.1 Å². The number of benzene rings is 2. The van der Waals surface area contributed by atoms with Crippen molar-refractivity contribution >= 4 is 15.9 Å². The summed E-state index contributed by atoms with van der Waals surface area (Å²) < 4.78 is 38.4. The first-order chi connectivity index (χ1) is 13.7. The van der Waals surface area contributed by atoms with Gasteiger partial charge in [-0.15, -0.1) is 0 Å². The minimum Gasteiger partial charge on any atom is -0.497 e. The summed E-state index contributed by atoms with van der Waals surface area (Å²) in [6.45, 7) is 5.99. The first-order valence-corrected chi connectivity index (χ1v) is 10.9. The highest BCUT2D eigenvalue weighted by Crippen LogP contribution is 2.35. The Morgan fingerprint density at radius 2 is 1.90 bits per heavy atom. The fourth-order valence-corrected chi connectivity index (χ4v) is 4.64. The Bertz CT molecular complexity index is 1000. The van der Waals surface area contributed by atoms with E-state index in [1.807, 2.05) is 26.0 Å². The molecule has 1 aliphatic rings. The summed E-state index contributed by atoms with van der Waals surface area (Å²) in [6, 6.07) is 8.87. The third-order valence-corrected chi connectivity index (χ3v) is 6.44. The van der Waals surface area contributed by atoms with Gasteiger partial charge in [0.25, 0.3) is 0 Å². The minimum atomic E-state index is -3.84. The van der Waals surface area contributed by atoms with E-state index in [-0.39, 0.29) is 16.8 Å². The first kappa shape index (κ1) is 21.1. The number of nitrogens with one attached hydrogen (secondary N) is 2. The van der Waals surface area contributed by atoms with Crippen LogP contribution in [0.5, 0.6) is 11.5 Å². The lowest BCUT2D eigenvalue weighted by Crippen LogP contribution is -2.46. The van der Waals surface area contributed by atoms with Crippen molar-refractivity contribution in [2.24, 2.45) is 0 Å². The summed E-state index contributed by atoms with van der Waals surface area (Å²) in [5.41, 5.74) is 3.03. The Labute approximate surface area is 171 Å². The van der Waals surface area contributed by atoms with Crippen molar-refractivity contribution in [1.82, 2.24) is 10.0 Å². The van der Waals surface area contributed by atoms with Gasteiger partial charge in [0.05, 0.1) is 30.7 Å². The molecule has 1 aliphatic heterocycles. The molecule has 8 heteroatoms. The smallest absolute Gasteiger partial charge is 0.241 e. The molecule has 0 bridgehead atoms. The maximum atomic E-state index is 12.7. The van der Waals surface area contributed by atoms with Gasteiger partial charge in [0.15, 0.2) is 0 Å². The molecule has 0 radical (unpaired) electrons. The molecule has 0 saturated carbocycles. The van der Waals surface area contributed by atoms with Gasteiger partial charge in [0.2, 0.25) is 15.9 Å². The molecule has 2 aromatic rings. The summed E-state index contributed by atoms with van der Waals surface area (Å²) in [6.07, 6.45) is 0.625. The molecule has 29 heavy (non-hydrogen) atoms. The Kier molecular flexibility index (Phi) is 6.14. The van der Waals surface area contributed by atoms with E-state index in [4.69, 9.17) is 9.47 Å². The first-order valence-electron chi connectivity index (χ1n) is 9.42. The average molecular weight is 419 g/mol. The highest BCUT2D eigenvalue weighted by atomic mass is 32.2. The van der Waals surface area contributed by atoms with Gasteiger partial charge in [0.1, 0.15) is 11.5 Å². The van der Waals surface area contributed by atoms with E-state index in [1.54, 1.807) is 12.1 Å². The van der Waals surface area contributed by atoms with Crippen LogP contribution in [0, 0.1) is 13.8 Å². The van der Waals surface area contributed by atoms with Crippen LogP contribution in [0.25, 0.3) is 0 Å². The highest BCUT2D eigenvalue weighted by Gasteiger charge is 2.28. The van der Waals surface area contributed by atoms with Crippen molar-refractivity contribution in [1.29, 1.82) is 0 Å². The van der Waals surface area contributed by atoms with Crippen LogP contribution in [-0.2, 0) is 14.8 Å². The number of amides is 1. The molecule has 2 atom stereocenters. The molecule has 1 heterocycles. The number of rotatable bonds is 6. The van der Waals surface area contributed by atoms with E-state index in [1.165, 1.54) is 26.2 Å². The second-order valence-electron chi connectivity index (χ2n) is 7.22. The Morgan fingerprint density at radius 3 is 2.55 bits per heavy atom. The number of carbonyl (C=O) groups excluding carboxylic acids is 1. The summed E-state index contributed by atoms with van der Waals surface area (Å²) in [7, 11) is -2.33. The molecule has 0 aromatic heterocycles. The lowest BCUT2D eigenvalue weighted by atomic mass is 9.95. The summed E-state index contributed by atoms with van der Waals surface area (Å²) in [4.78, 5) is 12.8. The lowest BCUT2D eigenvalue weighted by molar-refractivity contribution is -0.123. The zero-order chi connectivity index (χ0) is 21.2. The molecule has 0 saturated heterocycles. The second-order valence-corrected chi connectivity index (χ2v) is 8.93. The summed E-state index contributed by atoms with van der Waals surface area (Å²) >= 11 is 0. The summed E-state index contributed by atoms with van der Waals surface area (Å²) in [5, 5.41) is 2.96. The number of carbonyl (C=O) groups is 1. The average Bonchev–Trinajstić information content (AvgIpc) is 2.68. The molecule has 3 rings (SSSR count). The van der Waals surface area contributed by atoms with E-state index < -0.39 is 16.1 Å². The molecular weight excluding hydrogens is 392 g/mol. The highest BCUT2D eigenvalue weighted by molar-refractivity contribution is 7.89. The Hall–Kier alpha value is -2.58. The van der Waals surface area contributed by atoms with Crippen LogP contribution in [0.15, 0.2) is 41.3 Å². The molecule has 0 spiro atoms. The second kappa shape index (κ2) is 8.42. The van der Waals surface area contributed by atoms with Crippen LogP contribution >= 0.6 is 0 Å². The zero-order valence-corrected chi connectivity index (χ0v) is 17.8. The van der Waals surface area contributed by atoms with Crippen molar-refractivity contribution < 1.29 is 22.7 Å². The van der Waals surface area contributed by atoms with Gasteiger partial charge < -0.3 is 14.8 Å². The van der Waals surface area contributed by atoms with Crippen molar-refractivity contribution in [3.63, 3.8) is 0 Å². The van der Waals surface area contributed by atoms with Crippen molar-refractivity contribution in [2.75, 3.05) is 13.7 Å². The van der Waals surface area contributed by atoms with Gasteiger partial charge in [-0.3, -0.25) is 4.79 Å². The number of sulfonamides is 1. The minimum absolute atomic E-state index is 0.0700. The van der Waals surface area contributed by atoms with E-state index in [0.29, 0.717) is 18.8 Å². The van der Waals surface area contributed by atoms with E-state index in [0.717, 1.165) is 22.4 Å². The molecule has 2 N–H and O–H groups in total. The topological polar surface area (TPSA) is 93.7 Å². The number of hydrogen-bond acceptors (Lipinski definition) is 5. The molecule has 1 unspecified atom stereocenters. The fraction of sp³-hybridized carbons (Fsp3) is 0.381. The van der Waals surface area contributed by atoms with Crippen LogP contribution < -0.4 is 19.5 Å². The molecular formula is C21H26N2O5S. The number of ether oxygens (including phenoxy) is 2. The normalized spacial score (nSPS) is 17.0. The molecule has 2 aromatic carbocycles. The lowest BCUT2D eigenvalue weighted by Gasteiger charge is -2.29. The zero-order valence-electron chi connectivity index (χ0n) is 17.0. The van der Waals surface area contributed by atoms with Crippen LogP contribution in [-0.4, -0.2) is 34.1 Å². The predicted molar refractivity (Wildman–Crippen MR) is 110 cm³/mol. The predicted octanol–water partition coefficient (Wildman–Crippen LogP) is 2.62. The number of hydrogen-bond donors (Lipinski definition) is 2. The molecule has 0 aliphatic carbocycles. The molecule has 156 valence electrons. The summed E-state index contributed by atoms with van der Waals surface area (Å²) in [5.74, 6) is 0.955. The van der Waals surface area contributed by atoms with Crippen molar-refractivity contribution in [2.45, 2.75) is 44.2 Å².